The Morgan fingerprint density at radius 3 is 2.48 bits per heavy atom. The molecule has 3 N–H and O–H groups in total. The number of nitrogens with one attached hydrogen (secondary N) is 1. The molecule has 1 aliphatic heterocycles. The van der Waals surface area contributed by atoms with Gasteiger partial charge in [-0.15, -0.1) is 0 Å². The normalized spacial score (nSPS) is 14.9. The van der Waals surface area contributed by atoms with Crippen molar-refractivity contribution in [3.05, 3.63) is 22.7 Å². The fraction of sp³-hybridized carbons (Fsp3) is 0.167. The molecule has 0 unspecified atom stereocenters. The van der Waals surface area contributed by atoms with Gasteiger partial charge in [-0.05, 0) is 34.1 Å². The second kappa shape index (κ2) is 5.52. The Bertz CT molecular complexity index is 661. The average Bonchev–Trinajstić information content (AvgIpc) is 2.60. The lowest BCUT2D eigenvalue weighted by Crippen LogP contribution is -2.38. The van der Waals surface area contributed by atoms with Crippen LogP contribution >= 0.6 is 15.9 Å². The summed E-state index contributed by atoms with van der Waals surface area (Å²) in [5.74, 6) is -2.58. The summed E-state index contributed by atoms with van der Waals surface area (Å²) in [6, 6.07) is 3.93. The van der Waals surface area contributed by atoms with Gasteiger partial charge in [-0.3, -0.25) is 19.3 Å². The maximum Gasteiger partial charge on any atom is 0.334 e. The zero-order chi connectivity index (χ0) is 15.7. The van der Waals surface area contributed by atoms with E-state index in [9.17, 15) is 19.2 Å². The Morgan fingerprint density at radius 2 is 1.95 bits per heavy atom. The van der Waals surface area contributed by atoms with Gasteiger partial charge in [0.1, 0.15) is 6.54 Å². The Kier molecular flexibility index (Phi) is 3.94. The fourth-order valence-electron chi connectivity index (χ4n) is 1.72. The molecule has 0 bridgehead atoms. The maximum absolute atomic E-state index is 11.9. The van der Waals surface area contributed by atoms with Crippen molar-refractivity contribution in [1.82, 2.24) is 9.80 Å². The molecule has 1 aliphatic rings. The van der Waals surface area contributed by atoms with Gasteiger partial charge < -0.3 is 11.1 Å². The number of carbonyl (C=O) groups excluding carboxylic acids is 4. The van der Waals surface area contributed by atoms with E-state index in [-0.39, 0.29) is 0 Å². The Labute approximate surface area is 128 Å². The number of carbonyl (C=O) groups is 4. The summed E-state index contributed by atoms with van der Waals surface area (Å²) in [4.78, 5) is 47.6. The average molecular weight is 355 g/mol. The number of nitrogen functional groups attached to an aromatic ring is 1. The van der Waals surface area contributed by atoms with Crippen molar-refractivity contribution in [3.63, 3.8) is 0 Å². The minimum Gasteiger partial charge on any atom is -0.399 e. The van der Waals surface area contributed by atoms with Crippen LogP contribution in [0.1, 0.15) is 0 Å². The van der Waals surface area contributed by atoms with Crippen molar-refractivity contribution in [2.24, 2.45) is 0 Å². The third kappa shape index (κ3) is 2.87. The van der Waals surface area contributed by atoms with Crippen LogP contribution in [0.4, 0.5) is 16.2 Å². The topological polar surface area (TPSA) is 113 Å². The van der Waals surface area contributed by atoms with Gasteiger partial charge in [0, 0.05) is 17.2 Å². The maximum atomic E-state index is 11.9. The molecule has 0 aliphatic carbocycles. The van der Waals surface area contributed by atoms with Crippen LogP contribution in [0.2, 0.25) is 0 Å². The van der Waals surface area contributed by atoms with Crippen molar-refractivity contribution in [2.45, 2.75) is 0 Å². The molecule has 0 aromatic heterocycles. The third-order valence-corrected chi connectivity index (χ3v) is 3.48. The van der Waals surface area contributed by atoms with Crippen molar-refractivity contribution in [1.29, 1.82) is 0 Å². The minimum absolute atomic E-state index is 0.438. The molecule has 9 heteroatoms. The van der Waals surface area contributed by atoms with Crippen LogP contribution in [-0.2, 0) is 14.4 Å². The number of amides is 5. The molecule has 1 aromatic carbocycles. The quantitative estimate of drug-likeness (QED) is 0.463. The highest BCUT2D eigenvalue weighted by Gasteiger charge is 2.42. The van der Waals surface area contributed by atoms with Crippen molar-refractivity contribution < 1.29 is 19.2 Å². The summed E-state index contributed by atoms with van der Waals surface area (Å²) in [6.07, 6.45) is 0. The van der Waals surface area contributed by atoms with Crippen LogP contribution in [0.5, 0.6) is 0 Å². The standard InChI is InChI=1S/C12H11BrN4O4/c1-16-10(19)11(20)17(12(16)21)5-9(18)15-8-3-2-6(14)4-7(8)13/h2-4H,5,14H2,1H3,(H,15,18). The van der Waals surface area contributed by atoms with E-state index in [1.54, 1.807) is 18.2 Å². The van der Waals surface area contributed by atoms with E-state index in [2.05, 4.69) is 21.2 Å². The lowest BCUT2D eigenvalue weighted by atomic mass is 10.3. The van der Waals surface area contributed by atoms with Crippen LogP contribution in [0.3, 0.4) is 0 Å². The molecule has 1 heterocycles. The number of nitrogens with zero attached hydrogens (tertiary/aromatic N) is 2. The highest BCUT2D eigenvalue weighted by atomic mass is 79.9. The largest absolute Gasteiger partial charge is 0.399 e. The molecule has 1 fully saturated rings. The molecular formula is C12H11BrN4O4. The molecular weight excluding hydrogens is 344 g/mol. The van der Waals surface area contributed by atoms with Gasteiger partial charge >= 0.3 is 17.8 Å². The number of rotatable bonds is 3. The minimum atomic E-state index is -1.02. The lowest BCUT2D eigenvalue weighted by Gasteiger charge is -2.13. The van der Waals surface area contributed by atoms with E-state index in [0.717, 1.165) is 0 Å². The van der Waals surface area contributed by atoms with Crippen LogP contribution in [-0.4, -0.2) is 47.1 Å². The SMILES string of the molecule is CN1C(=O)C(=O)N(CC(=O)Nc2ccc(N)cc2Br)C1=O. The molecule has 0 radical (unpaired) electrons. The van der Waals surface area contributed by atoms with Crippen molar-refractivity contribution >= 4 is 51.1 Å². The van der Waals surface area contributed by atoms with E-state index < -0.39 is 30.3 Å². The highest BCUT2D eigenvalue weighted by Crippen LogP contribution is 2.24. The predicted octanol–water partition coefficient (Wildman–Crippen LogP) is 0.390. The molecule has 8 nitrogen and oxygen atoms in total. The monoisotopic (exact) mass is 354 g/mol. The number of urea groups is 1. The van der Waals surface area contributed by atoms with Crippen molar-refractivity contribution in [3.8, 4) is 0 Å². The summed E-state index contributed by atoms with van der Waals surface area (Å²) in [7, 11) is 1.18. The summed E-state index contributed by atoms with van der Waals surface area (Å²) in [6.45, 7) is -0.537. The summed E-state index contributed by atoms with van der Waals surface area (Å²) in [5.41, 5.74) is 6.52. The zero-order valence-corrected chi connectivity index (χ0v) is 12.5. The first kappa shape index (κ1) is 15.0. The first-order valence-electron chi connectivity index (χ1n) is 5.79. The van der Waals surface area contributed by atoms with Crippen LogP contribution < -0.4 is 11.1 Å². The molecule has 5 amide bonds. The molecule has 110 valence electrons. The number of nitrogens with two attached hydrogens (primary N) is 1. The van der Waals surface area contributed by atoms with E-state index >= 15 is 0 Å². The summed E-state index contributed by atoms with van der Waals surface area (Å²) in [5, 5.41) is 2.52. The van der Waals surface area contributed by atoms with E-state index in [0.29, 0.717) is 25.6 Å². The van der Waals surface area contributed by atoms with Gasteiger partial charge in [-0.2, -0.15) is 0 Å². The molecule has 0 spiro atoms. The summed E-state index contributed by atoms with van der Waals surface area (Å²) < 4.78 is 0.558. The first-order valence-corrected chi connectivity index (χ1v) is 6.59. The number of hydrogen-bond acceptors (Lipinski definition) is 5. The van der Waals surface area contributed by atoms with Gasteiger partial charge in [-0.25, -0.2) is 9.69 Å². The molecule has 0 atom stereocenters. The second-order valence-electron chi connectivity index (χ2n) is 4.33. The van der Waals surface area contributed by atoms with Crippen molar-refractivity contribution in [2.75, 3.05) is 24.6 Å². The molecule has 2 rings (SSSR count). The fourth-order valence-corrected chi connectivity index (χ4v) is 2.21. The second-order valence-corrected chi connectivity index (χ2v) is 5.18. The number of hydrogen-bond donors (Lipinski definition) is 2. The predicted molar refractivity (Wildman–Crippen MR) is 77.1 cm³/mol. The van der Waals surface area contributed by atoms with Gasteiger partial charge in [0.2, 0.25) is 5.91 Å². The molecule has 1 saturated heterocycles. The smallest absolute Gasteiger partial charge is 0.334 e. The number of likely N-dealkylation sites (N-methyl/N-ethyl adjacent to an activating group) is 1. The Morgan fingerprint density at radius 1 is 1.29 bits per heavy atom. The summed E-state index contributed by atoms with van der Waals surface area (Å²) >= 11 is 3.23. The first-order chi connectivity index (χ1) is 9.81. The van der Waals surface area contributed by atoms with Gasteiger partial charge in [-0.1, -0.05) is 0 Å². The third-order valence-electron chi connectivity index (χ3n) is 2.82. The van der Waals surface area contributed by atoms with Gasteiger partial charge in [0.25, 0.3) is 0 Å². The van der Waals surface area contributed by atoms with Crippen LogP contribution in [0, 0.1) is 0 Å². The number of imide groups is 2. The number of anilines is 2. The van der Waals surface area contributed by atoms with Crippen LogP contribution in [0.15, 0.2) is 22.7 Å². The number of benzene rings is 1. The van der Waals surface area contributed by atoms with E-state index in [1.807, 2.05) is 0 Å². The molecule has 21 heavy (non-hydrogen) atoms. The highest BCUT2D eigenvalue weighted by molar-refractivity contribution is 9.10. The van der Waals surface area contributed by atoms with Gasteiger partial charge in [0.05, 0.1) is 5.69 Å². The zero-order valence-electron chi connectivity index (χ0n) is 10.9. The lowest BCUT2D eigenvalue weighted by molar-refractivity contribution is -0.143. The molecule has 1 aromatic rings. The Balaban J connectivity index is 2.07. The van der Waals surface area contributed by atoms with E-state index in [4.69, 9.17) is 5.73 Å². The van der Waals surface area contributed by atoms with Gasteiger partial charge in [0.15, 0.2) is 0 Å². The van der Waals surface area contributed by atoms with E-state index in [1.165, 1.54) is 7.05 Å². The van der Waals surface area contributed by atoms with Crippen LogP contribution in [0.25, 0.3) is 0 Å². The number of halogens is 1. The Hall–Kier alpha value is -2.42. The molecule has 0 saturated carbocycles.